The Bertz CT molecular complexity index is 1610. The fourth-order valence-electron chi connectivity index (χ4n) is 4.70. The molecule has 0 atom stereocenters. The average molecular weight is 512 g/mol. The number of anilines is 2. The minimum Gasteiger partial charge on any atom is -0.366 e. The summed E-state index contributed by atoms with van der Waals surface area (Å²) in [7, 11) is 5.84. The predicted molar refractivity (Wildman–Crippen MR) is 147 cm³/mol. The fourth-order valence-corrected chi connectivity index (χ4v) is 4.70. The van der Waals surface area contributed by atoms with Crippen molar-refractivity contribution in [3.63, 3.8) is 0 Å². The number of imidazole rings is 1. The average Bonchev–Trinajstić information content (AvgIpc) is 3.52. The molecule has 194 valence electrons. The number of carbonyl (C=O) groups excluding carboxylic acids is 1. The van der Waals surface area contributed by atoms with Gasteiger partial charge in [0.2, 0.25) is 5.91 Å². The summed E-state index contributed by atoms with van der Waals surface area (Å²) >= 11 is 0. The molecule has 1 fully saturated rings. The Kier molecular flexibility index (Phi) is 6.18. The molecule has 0 spiro atoms. The van der Waals surface area contributed by atoms with E-state index in [1.807, 2.05) is 37.3 Å². The smallest absolute Gasteiger partial charge is 0.238 e. The standard InChI is InChI=1S/C26H29N11O/c1-35(2)15-23(38)30-17-8-16(10-27-11-17)19-9-18-20(13-29-19)33-34-24(18)26-31-21-12-28-14-22(25(21)32-26)37-6-4-36(3)5-7-37/h8-14H,4-7,15H2,1-3H3,(H,30,38)(H,31,32)(H,33,34). The summed E-state index contributed by atoms with van der Waals surface area (Å²) in [4.78, 5) is 40.4. The van der Waals surface area contributed by atoms with E-state index in [0.717, 1.165) is 59.4 Å². The summed E-state index contributed by atoms with van der Waals surface area (Å²) < 4.78 is 0. The van der Waals surface area contributed by atoms with Crippen molar-refractivity contribution in [2.24, 2.45) is 0 Å². The normalized spacial score (nSPS) is 14.6. The van der Waals surface area contributed by atoms with Crippen molar-refractivity contribution >= 4 is 39.2 Å². The molecule has 1 amide bonds. The van der Waals surface area contributed by atoms with Gasteiger partial charge in [0.1, 0.15) is 11.2 Å². The fraction of sp³-hybridized carbons (Fsp3) is 0.308. The lowest BCUT2D eigenvalue weighted by molar-refractivity contribution is -0.116. The number of nitrogens with zero attached hydrogens (tertiary/aromatic N) is 8. The van der Waals surface area contributed by atoms with E-state index >= 15 is 0 Å². The highest BCUT2D eigenvalue weighted by molar-refractivity contribution is 5.97. The minimum absolute atomic E-state index is 0.107. The molecule has 0 aliphatic carbocycles. The lowest BCUT2D eigenvalue weighted by atomic mass is 10.1. The minimum atomic E-state index is -0.107. The van der Waals surface area contributed by atoms with Crippen molar-refractivity contribution in [1.29, 1.82) is 0 Å². The zero-order valence-electron chi connectivity index (χ0n) is 21.6. The third-order valence-electron chi connectivity index (χ3n) is 6.67. The first-order valence-corrected chi connectivity index (χ1v) is 12.5. The largest absolute Gasteiger partial charge is 0.366 e. The molecule has 6 rings (SSSR count). The van der Waals surface area contributed by atoms with Gasteiger partial charge in [-0.25, -0.2) is 4.98 Å². The summed E-state index contributed by atoms with van der Waals surface area (Å²) in [6.07, 6.45) is 8.79. The second-order valence-electron chi connectivity index (χ2n) is 9.87. The van der Waals surface area contributed by atoms with Gasteiger partial charge in [-0.3, -0.25) is 24.8 Å². The maximum Gasteiger partial charge on any atom is 0.238 e. The monoisotopic (exact) mass is 511 g/mol. The van der Waals surface area contributed by atoms with Gasteiger partial charge in [0.25, 0.3) is 0 Å². The molecule has 0 bridgehead atoms. The van der Waals surface area contributed by atoms with Crippen molar-refractivity contribution in [2.75, 3.05) is 64.1 Å². The Labute approximate surface area is 219 Å². The molecule has 0 unspecified atom stereocenters. The van der Waals surface area contributed by atoms with E-state index in [9.17, 15) is 4.79 Å². The van der Waals surface area contributed by atoms with Crippen LogP contribution >= 0.6 is 0 Å². The highest BCUT2D eigenvalue weighted by Gasteiger charge is 2.20. The third-order valence-corrected chi connectivity index (χ3v) is 6.67. The number of amides is 1. The summed E-state index contributed by atoms with van der Waals surface area (Å²) in [6.45, 7) is 4.16. The van der Waals surface area contributed by atoms with Gasteiger partial charge in [-0.05, 0) is 33.3 Å². The molecular formula is C26H29N11O. The number of rotatable bonds is 6. The van der Waals surface area contributed by atoms with Crippen LogP contribution in [0.25, 0.3) is 44.7 Å². The maximum atomic E-state index is 12.2. The van der Waals surface area contributed by atoms with Crippen molar-refractivity contribution in [3.8, 4) is 22.8 Å². The number of hydrogen-bond donors (Lipinski definition) is 3. The van der Waals surface area contributed by atoms with Crippen LogP contribution in [0.5, 0.6) is 0 Å². The first-order chi connectivity index (χ1) is 18.4. The van der Waals surface area contributed by atoms with E-state index in [-0.39, 0.29) is 12.5 Å². The summed E-state index contributed by atoms with van der Waals surface area (Å²) in [5, 5.41) is 11.4. The number of aromatic amines is 2. The van der Waals surface area contributed by atoms with Crippen LogP contribution < -0.4 is 10.2 Å². The molecule has 1 aliphatic heterocycles. The van der Waals surface area contributed by atoms with Crippen LogP contribution in [0.1, 0.15) is 0 Å². The lowest BCUT2D eigenvalue weighted by Gasteiger charge is -2.33. The molecule has 12 nitrogen and oxygen atoms in total. The Morgan fingerprint density at radius 1 is 1.03 bits per heavy atom. The summed E-state index contributed by atoms with van der Waals surface area (Å²) in [5.41, 5.74) is 6.39. The quantitative estimate of drug-likeness (QED) is 0.314. The van der Waals surface area contributed by atoms with Gasteiger partial charge in [-0.2, -0.15) is 5.10 Å². The first-order valence-electron chi connectivity index (χ1n) is 12.5. The number of carbonyl (C=O) groups is 1. The molecule has 12 heteroatoms. The molecule has 38 heavy (non-hydrogen) atoms. The Morgan fingerprint density at radius 2 is 1.84 bits per heavy atom. The van der Waals surface area contributed by atoms with E-state index in [1.165, 1.54) is 0 Å². The van der Waals surface area contributed by atoms with Crippen LogP contribution in [0.3, 0.4) is 0 Å². The Morgan fingerprint density at radius 3 is 2.66 bits per heavy atom. The maximum absolute atomic E-state index is 12.2. The van der Waals surface area contributed by atoms with Gasteiger partial charge in [0.15, 0.2) is 5.82 Å². The SMILES string of the molecule is CN(C)CC(=O)Nc1cncc(-c2cc3c(-c4nc5c(N6CCN(C)CC6)cncc5[nH]4)n[nH]c3cn2)c1. The van der Waals surface area contributed by atoms with Gasteiger partial charge in [0, 0.05) is 43.3 Å². The molecule has 0 aromatic carbocycles. The lowest BCUT2D eigenvalue weighted by Crippen LogP contribution is -2.44. The Balaban J connectivity index is 1.34. The number of piperazine rings is 1. The van der Waals surface area contributed by atoms with Gasteiger partial charge < -0.3 is 25.0 Å². The van der Waals surface area contributed by atoms with Crippen LogP contribution in [0.2, 0.25) is 0 Å². The number of likely N-dealkylation sites (N-methyl/N-ethyl adjacent to an activating group) is 2. The zero-order valence-corrected chi connectivity index (χ0v) is 21.6. The second kappa shape index (κ2) is 9.80. The molecule has 5 aromatic heterocycles. The number of hydrogen-bond acceptors (Lipinski definition) is 9. The predicted octanol–water partition coefficient (Wildman–Crippen LogP) is 2.21. The van der Waals surface area contributed by atoms with Crippen molar-refractivity contribution in [1.82, 2.24) is 44.9 Å². The first kappa shape index (κ1) is 23.9. The number of H-pyrrole nitrogens is 2. The third kappa shape index (κ3) is 4.66. The van der Waals surface area contributed by atoms with Crippen LogP contribution in [-0.2, 0) is 4.79 Å². The molecule has 1 saturated heterocycles. The summed E-state index contributed by atoms with van der Waals surface area (Å²) in [6, 6.07) is 3.83. The van der Waals surface area contributed by atoms with Gasteiger partial charge in [-0.15, -0.1) is 0 Å². The van der Waals surface area contributed by atoms with Crippen molar-refractivity contribution < 1.29 is 4.79 Å². The summed E-state index contributed by atoms with van der Waals surface area (Å²) in [5.74, 6) is 0.555. The molecule has 1 aliphatic rings. The number of fused-ring (bicyclic) bond motifs is 2. The Hall–Kier alpha value is -4.42. The molecular weight excluding hydrogens is 482 g/mol. The van der Waals surface area contributed by atoms with Crippen LogP contribution in [0, 0.1) is 0 Å². The van der Waals surface area contributed by atoms with Crippen LogP contribution in [-0.4, -0.2) is 105 Å². The van der Waals surface area contributed by atoms with Crippen molar-refractivity contribution in [3.05, 3.63) is 43.1 Å². The zero-order chi connectivity index (χ0) is 26.2. The van der Waals surface area contributed by atoms with Crippen molar-refractivity contribution in [2.45, 2.75) is 0 Å². The molecule has 5 aromatic rings. The van der Waals surface area contributed by atoms with Crippen LogP contribution in [0.4, 0.5) is 11.4 Å². The van der Waals surface area contributed by atoms with E-state index in [2.05, 4.69) is 52.3 Å². The van der Waals surface area contributed by atoms with Gasteiger partial charge in [-0.1, -0.05) is 0 Å². The van der Waals surface area contributed by atoms with E-state index < -0.39 is 0 Å². The van der Waals surface area contributed by atoms with E-state index in [0.29, 0.717) is 22.9 Å². The molecule has 3 N–H and O–H groups in total. The number of aromatic nitrogens is 7. The molecule has 0 radical (unpaired) electrons. The topological polar surface area (TPSA) is 135 Å². The van der Waals surface area contributed by atoms with Crippen LogP contribution in [0.15, 0.2) is 43.1 Å². The second-order valence-corrected chi connectivity index (χ2v) is 9.87. The van der Waals surface area contributed by atoms with E-state index in [4.69, 9.17) is 4.98 Å². The van der Waals surface area contributed by atoms with Gasteiger partial charge >= 0.3 is 0 Å². The number of nitrogens with one attached hydrogen (secondary N) is 3. The van der Waals surface area contributed by atoms with E-state index in [1.54, 1.807) is 24.8 Å². The highest BCUT2D eigenvalue weighted by atomic mass is 16.2. The molecule has 6 heterocycles. The molecule has 0 saturated carbocycles. The van der Waals surface area contributed by atoms with Gasteiger partial charge in [0.05, 0.1) is 59.4 Å². The highest BCUT2D eigenvalue weighted by Crippen LogP contribution is 2.32. The number of pyridine rings is 3.